The van der Waals surface area contributed by atoms with Gasteiger partial charge in [-0.2, -0.15) is 0 Å². The summed E-state index contributed by atoms with van der Waals surface area (Å²) in [7, 11) is 0. The molecule has 84 valence electrons. The molecule has 0 bridgehead atoms. The maximum atomic E-state index is 13.4. The number of aliphatic hydroxyl groups is 1. The molecule has 0 aliphatic heterocycles. The van der Waals surface area contributed by atoms with E-state index in [9.17, 15) is 9.50 Å². The van der Waals surface area contributed by atoms with Crippen LogP contribution in [0.1, 0.15) is 32.8 Å². The predicted molar refractivity (Wildman–Crippen MR) is 60.2 cm³/mol. The van der Waals surface area contributed by atoms with Crippen molar-refractivity contribution < 1.29 is 9.50 Å². The second kappa shape index (κ2) is 4.75. The molecule has 0 saturated heterocycles. The molecule has 0 aromatic heterocycles. The standard InChI is InChI=1S/C13H19FO/c1-10(15)8-13(2,3)9-11-6-4-5-7-12(11)14/h4-7,10,15H,8-9H2,1-3H3. The zero-order chi connectivity index (χ0) is 11.5. The van der Waals surface area contributed by atoms with Gasteiger partial charge >= 0.3 is 0 Å². The van der Waals surface area contributed by atoms with Crippen molar-refractivity contribution in [3.8, 4) is 0 Å². The number of rotatable bonds is 4. The van der Waals surface area contributed by atoms with Gasteiger partial charge in [-0.3, -0.25) is 0 Å². The van der Waals surface area contributed by atoms with E-state index < -0.39 is 0 Å². The monoisotopic (exact) mass is 210 g/mol. The quantitative estimate of drug-likeness (QED) is 0.809. The van der Waals surface area contributed by atoms with Crippen molar-refractivity contribution in [2.45, 2.75) is 39.7 Å². The Morgan fingerprint density at radius 3 is 2.47 bits per heavy atom. The van der Waals surface area contributed by atoms with E-state index in [-0.39, 0.29) is 17.3 Å². The Balaban J connectivity index is 2.73. The van der Waals surface area contributed by atoms with Crippen LogP contribution in [0.2, 0.25) is 0 Å². The van der Waals surface area contributed by atoms with E-state index in [1.165, 1.54) is 6.07 Å². The molecule has 0 amide bonds. The van der Waals surface area contributed by atoms with Gasteiger partial charge in [0, 0.05) is 0 Å². The number of hydrogen-bond acceptors (Lipinski definition) is 1. The summed E-state index contributed by atoms with van der Waals surface area (Å²) < 4.78 is 13.4. The van der Waals surface area contributed by atoms with Crippen LogP contribution in [-0.2, 0) is 6.42 Å². The fourth-order valence-electron chi connectivity index (χ4n) is 2.03. The molecule has 15 heavy (non-hydrogen) atoms. The highest BCUT2D eigenvalue weighted by atomic mass is 19.1. The summed E-state index contributed by atoms with van der Waals surface area (Å²) in [5, 5.41) is 9.34. The van der Waals surface area contributed by atoms with Crippen molar-refractivity contribution in [3.63, 3.8) is 0 Å². The molecule has 1 atom stereocenters. The smallest absolute Gasteiger partial charge is 0.126 e. The molecule has 1 unspecified atom stereocenters. The highest BCUT2D eigenvalue weighted by Crippen LogP contribution is 2.28. The Bertz CT molecular complexity index is 318. The van der Waals surface area contributed by atoms with Gasteiger partial charge in [-0.25, -0.2) is 4.39 Å². The van der Waals surface area contributed by atoms with E-state index >= 15 is 0 Å². The molecule has 0 fully saturated rings. The van der Waals surface area contributed by atoms with Crippen LogP contribution in [0.5, 0.6) is 0 Å². The third-order valence-electron chi connectivity index (χ3n) is 2.47. The highest BCUT2D eigenvalue weighted by molar-refractivity contribution is 5.18. The Labute approximate surface area is 90.9 Å². The highest BCUT2D eigenvalue weighted by Gasteiger charge is 2.21. The first-order chi connectivity index (χ1) is 6.91. The van der Waals surface area contributed by atoms with Gasteiger partial charge in [-0.05, 0) is 36.8 Å². The Morgan fingerprint density at radius 1 is 1.33 bits per heavy atom. The maximum absolute atomic E-state index is 13.4. The van der Waals surface area contributed by atoms with E-state index in [0.29, 0.717) is 12.8 Å². The summed E-state index contributed by atoms with van der Waals surface area (Å²) in [6, 6.07) is 6.82. The molecule has 1 nitrogen and oxygen atoms in total. The molecule has 0 saturated carbocycles. The van der Waals surface area contributed by atoms with E-state index in [2.05, 4.69) is 0 Å². The Kier molecular flexibility index (Phi) is 3.86. The van der Waals surface area contributed by atoms with Gasteiger partial charge in [0.25, 0.3) is 0 Å². The Hall–Kier alpha value is -0.890. The summed E-state index contributed by atoms with van der Waals surface area (Å²) >= 11 is 0. The topological polar surface area (TPSA) is 20.2 Å². The van der Waals surface area contributed by atoms with Crippen LogP contribution in [0, 0.1) is 11.2 Å². The molecule has 0 heterocycles. The van der Waals surface area contributed by atoms with Crippen LogP contribution in [0.4, 0.5) is 4.39 Å². The van der Waals surface area contributed by atoms with Gasteiger partial charge in [0.2, 0.25) is 0 Å². The lowest BCUT2D eigenvalue weighted by Crippen LogP contribution is -2.21. The fourth-order valence-corrected chi connectivity index (χ4v) is 2.03. The average Bonchev–Trinajstić information content (AvgIpc) is 2.06. The first kappa shape index (κ1) is 12.2. The van der Waals surface area contributed by atoms with Gasteiger partial charge in [-0.15, -0.1) is 0 Å². The van der Waals surface area contributed by atoms with Crippen LogP contribution in [0.25, 0.3) is 0 Å². The van der Waals surface area contributed by atoms with E-state index in [1.807, 2.05) is 19.9 Å². The van der Waals surface area contributed by atoms with E-state index in [4.69, 9.17) is 0 Å². The second-order valence-electron chi connectivity index (χ2n) is 4.99. The number of hydrogen-bond donors (Lipinski definition) is 1. The number of benzene rings is 1. The summed E-state index contributed by atoms with van der Waals surface area (Å²) in [6.07, 6.45) is 0.998. The van der Waals surface area contributed by atoms with Gasteiger partial charge < -0.3 is 5.11 Å². The number of halogens is 1. The summed E-state index contributed by atoms with van der Waals surface area (Å²) in [5.41, 5.74) is 0.652. The molecule has 1 rings (SSSR count). The lowest BCUT2D eigenvalue weighted by atomic mass is 9.81. The summed E-state index contributed by atoms with van der Waals surface area (Å²) in [6.45, 7) is 5.86. The minimum Gasteiger partial charge on any atom is -0.393 e. The summed E-state index contributed by atoms with van der Waals surface area (Å²) in [4.78, 5) is 0. The zero-order valence-corrected chi connectivity index (χ0v) is 9.63. The van der Waals surface area contributed by atoms with Gasteiger partial charge in [-0.1, -0.05) is 32.0 Å². The SMILES string of the molecule is CC(O)CC(C)(C)Cc1ccccc1F. The lowest BCUT2D eigenvalue weighted by Gasteiger charge is -2.26. The molecule has 0 aliphatic rings. The largest absolute Gasteiger partial charge is 0.393 e. The van der Waals surface area contributed by atoms with E-state index in [1.54, 1.807) is 19.1 Å². The average molecular weight is 210 g/mol. The number of aliphatic hydroxyl groups excluding tert-OH is 1. The van der Waals surface area contributed by atoms with Crippen molar-refractivity contribution >= 4 is 0 Å². The van der Waals surface area contributed by atoms with Crippen molar-refractivity contribution in [3.05, 3.63) is 35.6 Å². The van der Waals surface area contributed by atoms with Crippen LogP contribution in [-0.4, -0.2) is 11.2 Å². The summed E-state index contributed by atoms with van der Waals surface area (Å²) in [5.74, 6) is -0.156. The third-order valence-corrected chi connectivity index (χ3v) is 2.47. The van der Waals surface area contributed by atoms with Gasteiger partial charge in [0.15, 0.2) is 0 Å². The maximum Gasteiger partial charge on any atom is 0.126 e. The van der Waals surface area contributed by atoms with Crippen molar-refractivity contribution in [2.75, 3.05) is 0 Å². The second-order valence-corrected chi connectivity index (χ2v) is 4.99. The minimum atomic E-state index is -0.341. The van der Waals surface area contributed by atoms with Gasteiger partial charge in [0.1, 0.15) is 5.82 Å². The minimum absolute atomic E-state index is 0.0731. The fraction of sp³-hybridized carbons (Fsp3) is 0.538. The molecule has 1 N–H and O–H groups in total. The first-order valence-corrected chi connectivity index (χ1v) is 5.32. The first-order valence-electron chi connectivity index (χ1n) is 5.32. The molecule has 1 aromatic rings. The van der Waals surface area contributed by atoms with Crippen molar-refractivity contribution in [2.24, 2.45) is 5.41 Å². The van der Waals surface area contributed by atoms with Crippen molar-refractivity contribution in [1.82, 2.24) is 0 Å². The van der Waals surface area contributed by atoms with Crippen LogP contribution in [0.3, 0.4) is 0 Å². The van der Waals surface area contributed by atoms with Crippen LogP contribution in [0.15, 0.2) is 24.3 Å². The van der Waals surface area contributed by atoms with Crippen molar-refractivity contribution in [1.29, 1.82) is 0 Å². The van der Waals surface area contributed by atoms with Crippen LogP contribution < -0.4 is 0 Å². The molecule has 0 aliphatic carbocycles. The molecular weight excluding hydrogens is 191 g/mol. The molecular formula is C13H19FO. The molecule has 1 aromatic carbocycles. The van der Waals surface area contributed by atoms with E-state index in [0.717, 1.165) is 5.56 Å². The lowest BCUT2D eigenvalue weighted by molar-refractivity contribution is 0.129. The van der Waals surface area contributed by atoms with Gasteiger partial charge in [0.05, 0.1) is 6.10 Å². The van der Waals surface area contributed by atoms with Crippen LogP contribution >= 0.6 is 0 Å². The predicted octanol–water partition coefficient (Wildman–Crippen LogP) is 3.17. The zero-order valence-electron chi connectivity index (χ0n) is 9.63. The Morgan fingerprint density at radius 2 is 1.93 bits per heavy atom. The molecule has 2 heteroatoms. The normalized spacial score (nSPS) is 13.9. The molecule has 0 radical (unpaired) electrons. The molecule has 0 spiro atoms. The third kappa shape index (κ3) is 4.00.